The van der Waals surface area contributed by atoms with Crippen molar-refractivity contribution in [2.45, 2.75) is 24.9 Å². The predicted octanol–water partition coefficient (Wildman–Crippen LogP) is 1.66. The van der Waals surface area contributed by atoms with Gasteiger partial charge in [-0.25, -0.2) is 0 Å². The van der Waals surface area contributed by atoms with E-state index in [-0.39, 0.29) is 6.61 Å². The van der Waals surface area contributed by atoms with Crippen molar-refractivity contribution in [3.8, 4) is 0 Å². The Bertz CT molecular complexity index is 351. The van der Waals surface area contributed by atoms with Crippen LogP contribution in [-0.4, -0.2) is 22.4 Å². The smallest absolute Gasteiger partial charge is 0.0920 e. The third-order valence-electron chi connectivity index (χ3n) is 2.84. The standard InChI is InChI=1S/C11H13BrO2/c12-10-2-1-8-3-4-11(14,7-13)6-9(8)5-10/h1-2,5,13-14H,3-4,6-7H2. The van der Waals surface area contributed by atoms with Gasteiger partial charge in [-0.1, -0.05) is 22.0 Å². The normalized spacial score (nSPS) is 25.9. The lowest BCUT2D eigenvalue weighted by Crippen LogP contribution is -2.39. The fourth-order valence-corrected chi connectivity index (χ4v) is 2.36. The van der Waals surface area contributed by atoms with E-state index in [0.717, 1.165) is 16.5 Å². The molecule has 1 aromatic rings. The van der Waals surface area contributed by atoms with Gasteiger partial charge in [0.2, 0.25) is 0 Å². The summed E-state index contributed by atoms with van der Waals surface area (Å²) < 4.78 is 1.03. The summed E-state index contributed by atoms with van der Waals surface area (Å²) in [6.45, 7) is -0.154. The molecule has 2 N–H and O–H groups in total. The molecule has 1 aromatic carbocycles. The molecule has 0 fully saturated rings. The molecule has 1 unspecified atom stereocenters. The molecule has 0 aliphatic heterocycles. The van der Waals surface area contributed by atoms with E-state index in [2.05, 4.69) is 22.0 Å². The minimum Gasteiger partial charge on any atom is -0.393 e. The lowest BCUT2D eigenvalue weighted by Gasteiger charge is -2.31. The highest BCUT2D eigenvalue weighted by Crippen LogP contribution is 2.30. The zero-order chi connectivity index (χ0) is 10.2. The van der Waals surface area contributed by atoms with Crippen molar-refractivity contribution in [3.05, 3.63) is 33.8 Å². The van der Waals surface area contributed by atoms with Crippen LogP contribution in [0, 0.1) is 0 Å². The van der Waals surface area contributed by atoms with Crippen LogP contribution in [0.25, 0.3) is 0 Å². The van der Waals surface area contributed by atoms with Crippen LogP contribution in [0.5, 0.6) is 0 Å². The van der Waals surface area contributed by atoms with E-state index < -0.39 is 5.60 Å². The van der Waals surface area contributed by atoms with E-state index in [1.165, 1.54) is 5.56 Å². The molecule has 1 aliphatic carbocycles. The minimum absolute atomic E-state index is 0.154. The van der Waals surface area contributed by atoms with Crippen LogP contribution in [0.2, 0.25) is 0 Å². The van der Waals surface area contributed by atoms with Crippen molar-refractivity contribution >= 4 is 15.9 Å². The summed E-state index contributed by atoms with van der Waals surface area (Å²) in [5, 5.41) is 19.0. The molecule has 0 bridgehead atoms. The Morgan fingerprint density at radius 3 is 2.86 bits per heavy atom. The molecule has 0 saturated carbocycles. The first-order chi connectivity index (χ1) is 6.63. The highest BCUT2D eigenvalue weighted by atomic mass is 79.9. The number of aliphatic hydroxyl groups excluding tert-OH is 1. The topological polar surface area (TPSA) is 40.5 Å². The van der Waals surface area contributed by atoms with Gasteiger partial charge in [-0.15, -0.1) is 0 Å². The first-order valence-corrected chi connectivity index (χ1v) is 5.53. The van der Waals surface area contributed by atoms with Gasteiger partial charge >= 0.3 is 0 Å². The fourth-order valence-electron chi connectivity index (χ4n) is 1.95. The maximum atomic E-state index is 9.95. The van der Waals surface area contributed by atoms with Gasteiger partial charge in [-0.2, -0.15) is 0 Å². The number of fused-ring (bicyclic) bond motifs is 1. The quantitative estimate of drug-likeness (QED) is 0.803. The van der Waals surface area contributed by atoms with Crippen molar-refractivity contribution in [2.75, 3.05) is 6.61 Å². The Morgan fingerprint density at radius 2 is 2.14 bits per heavy atom. The van der Waals surface area contributed by atoms with Gasteiger partial charge in [0.15, 0.2) is 0 Å². The second kappa shape index (κ2) is 3.65. The zero-order valence-electron chi connectivity index (χ0n) is 7.83. The molecule has 76 valence electrons. The summed E-state index contributed by atoms with van der Waals surface area (Å²) in [4.78, 5) is 0. The molecular weight excluding hydrogens is 244 g/mol. The van der Waals surface area contributed by atoms with Crippen LogP contribution in [0.1, 0.15) is 17.5 Å². The van der Waals surface area contributed by atoms with Crippen molar-refractivity contribution < 1.29 is 10.2 Å². The molecule has 2 nitrogen and oxygen atoms in total. The van der Waals surface area contributed by atoms with Crippen LogP contribution in [-0.2, 0) is 12.8 Å². The number of halogens is 1. The molecule has 0 spiro atoms. The van der Waals surface area contributed by atoms with Crippen LogP contribution >= 0.6 is 15.9 Å². The Kier molecular flexibility index (Phi) is 2.64. The summed E-state index contributed by atoms with van der Waals surface area (Å²) in [6, 6.07) is 6.12. The molecule has 1 atom stereocenters. The molecular formula is C11H13BrO2. The Balaban J connectivity index is 2.33. The molecule has 2 rings (SSSR count). The van der Waals surface area contributed by atoms with E-state index in [1.807, 2.05) is 12.1 Å². The summed E-state index contributed by atoms with van der Waals surface area (Å²) >= 11 is 3.41. The fraction of sp³-hybridized carbons (Fsp3) is 0.455. The number of aryl methyl sites for hydroxylation is 1. The van der Waals surface area contributed by atoms with E-state index in [4.69, 9.17) is 5.11 Å². The first-order valence-electron chi connectivity index (χ1n) is 4.73. The molecule has 3 heteroatoms. The molecule has 0 heterocycles. The average molecular weight is 257 g/mol. The lowest BCUT2D eigenvalue weighted by molar-refractivity contribution is -0.0248. The van der Waals surface area contributed by atoms with Gasteiger partial charge in [0.05, 0.1) is 12.2 Å². The predicted molar refractivity (Wildman–Crippen MR) is 58.2 cm³/mol. The van der Waals surface area contributed by atoms with E-state index in [9.17, 15) is 5.11 Å². The second-order valence-electron chi connectivity index (χ2n) is 3.97. The summed E-state index contributed by atoms with van der Waals surface area (Å²) in [5.41, 5.74) is 1.52. The van der Waals surface area contributed by atoms with Crippen molar-refractivity contribution in [1.82, 2.24) is 0 Å². The van der Waals surface area contributed by atoms with Crippen LogP contribution in [0.3, 0.4) is 0 Å². The van der Waals surface area contributed by atoms with Gasteiger partial charge in [-0.05, 0) is 36.1 Å². The number of hydrogen-bond donors (Lipinski definition) is 2. The molecule has 0 amide bonds. The Hall–Kier alpha value is -0.380. The number of benzene rings is 1. The van der Waals surface area contributed by atoms with Crippen molar-refractivity contribution in [3.63, 3.8) is 0 Å². The molecule has 1 aliphatic rings. The highest BCUT2D eigenvalue weighted by molar-refractivity contribution is 9.10. The molecule has 0 radical (unpaired) electrons. The average Bonchev–Trinajstić information content (AvgIpc) is 2.17. The lowest BCUT2D eigenvalue weighted by atomic mass is 9.81. The highest BCUT2D eigenvalue weighted by Gasteiger charge is 2.31. The molecule has 0 aromatic heterocycles. The molecule has 14 heavy (non-hydrogen) atoms. The summed E-state index contributed by atoms with van der Waals surface area (Å²) in [5.74, 6) is 0. The van der Waals surface area contributed by atoms with E-state index >= 15 is 0 Å². The molecule has 0 saturated heterocycles. The minimum atomic E-state index is -0.909. The second-order valence-corrected chi connectivity index (χ2v) is 4.89. The van der Waals surface area contributed by atoms with Gasteiger partial charge in [0.1, 0.15) is 0 Å². The SMILES string of the molecule is OCC1(O)CCc2ccc(Br)cc2C1. The van der Waals surface area contributed by atoms with Crippen molar-refractivity contribution in [2.24, 2.45) is 0 Å². The van der Waals surface area contributed by atoms with Crippen LogP contribution in [0.4, 0.5) is 0 Å². The van der Waals surface area contributed by atoms with Crippen LogP contribution < -0.4 is 0 Å². The maximum Gasteiger partial charge on any atom is 0.0920 e. The largest absolute Gasteiger partial charge is 0.393 e. The third kappa shape index (κ3) is 1.85. The number of aliphatic hydroxyl groups is 2. The number of rotatable bonds is 1. The maximum absolute atomic E-state index is 9.95. The number of hydrogen-bond acceptors (Lipinski definition) is 2. The zero-order valence-corrected chi connectivity index (χ0v) is 9.42. The van der Waals surface area contributed by atoms with Gasteiger partial charge < -0.3 is 10.2 Å². The van der Waals surface area contributed by atoms with Crippen LogP contribution in [0.15, 0.2) is 22.7 Å². The monoisotopic (exact) mass is 256 g/mol. The van der Waals surface area contributed by atoms with Gasteiger partial charge in [0.25, 0.3) is 0 Å². The van der Waals surface area contributed by atoms with Gasteiger partial charge in [-0.3, -0.25) is 0 Å². The van der Waals surface area contributed by atoms with E-state index in [1.54, 1.807) is 0 Å². The first kappa shape index (κ1) is 10.1. The van der Waals surface area contributed by atoms with E-state index in [0.29, 0.717) is 12.8 Å². The Labute approximate surface area is 91.7 Å². The third-order valence-corrected chi connectivity index (χ3v) is 3.34. The van der Waals surface area contributed by atoms with Crippen molar-refractivity contribution in [1.29, 1.82) is 0 Å². The summed E-state index contributed by atoms with van der Waals surface area (Å²) in [7, 11) is 0. The summed E-state index contributed by atoms with van der Waals surface area (Å²) in [6.07, 6.45) is 2.05. The van der Waals surface area contributed by atoms with Gasteiger partial charge in [0, 0.05) is 10.9 Å². The Morgan fingerprint density at radius 1 is 1.36 bits per heavy atom.